The minimum absolute atomic E-state index is 0.00972. The number of halogens is 1. The van der Waals surface area contributed by atoms with Crippen LogP contribution in [0.25, 0.3) is 11.2 Å². The number of nitrogens with zero attached hydrogens (tertiary/aromatic N) is 4. The van der Waals surface area contributed by atoms with Gasteiger partial charge in [-0.3, -0.25) is 9.40 Å². The Morgan fingerprint density at radius 1 is 1.41 bits per heavy atom. The number of hydrogen-bond acceptors (Lipinski definition) is 9. The Labute approximate surface area is 123 Å². The van der Waals surface area contributed by atoms with Crippen molar-refractivity contribution in [3.8, 4) is 0 Å². The van der Waals surface area contributed by atoms with Gasteiger partial charge in [0.15, 0.2) is 23.2 Å². The zero-order valence-electron chi connectivity index (χ0n) is 11.4. The van der Waals surface area contributed by atoms with Crippen LogP contribution >= 0.6 is 0 Å². The molecule has 0 aliphatic carbocycles. The predicted octanol–water partition coefficient (Wildman–Crippen LogP) is -1.45. The normalized spacial score (nSPS) is 28.4. The number of fused-ring (bicyclic) bond motifs is 1. The molecule has 1 saturated heterocycles. The van der Waals surface area contributed by atoms with E-state index in [9.17, 15) is 14.6 Å². The summed E-state index contributed by atoms with van der Waals surface area (Å²) in [5.74, 6) is 0.00972. The van der Waals surface area contributed by atoms with Crippen LogP contribution in [0.15, 0.2) is 6.33 Å². The summed E-state index contributed by atoms with van der Waals surface area (Å²) in [5.41, 5.74) is 2.61. The number of ether oxygens (including phenoxy) is 1. The smallest absolute Gasteiger partial charge is 0.312 e. The lowest BCUT2D eigenvalue weighted by molar-refractivity contribution is -0.0511. The highest BCUT2D eigenvalue weighted by atomic mass is 19.1. The first-order chi connectivity index (χ1) is 10.6. The molecule has 22 heavy (non-hydrogen) atoms. The van der Waals surface area contributed by atoms with Crippen molar-refractivity contribution >= 4 is 17.0 Å². The van der Waals surface area contributed by atoms with E-state index in [4.69, 9.17) is 9.84 Å². The molecule has 0 saturated carbocycles. The summed E-state index contributed by atoms with van der Waals surface area (Å²) in [6.45, 7) is -0.471. The van der Waals surface area contributed by atoms with Gasteiger partial charge < -0.3 is 20.1 Å². The highest BCUT2D eigenvalue weighted by Crippen LogP contribution is 2.32. The Bertz CT molecular complexity index is 682. The zero-order chi connectivity index (χ0) is 15.9. The topological polar surface area (TPSA) is 135 Å². The van der Waals surface area contributed by atoms with E-state index in [1.165, 1.54) is 18.0 Å². The van der Waals surface area contributed by atoms with Gasteiger partial charge in [0.1, 0.15) is 18.3 Å². The van der Waals surface area contributed by atoms with Crippen LogP contribution in [-0.2, 0) is 9.57 Å². The maximum absolute atomic E-state index is 13.5. The third kappa shape index (κ3) is 2.28. The fourth-order valence-corrected chi connectivity index (χ4v) is 2.35. The average molecular weight is 315 g/mol. The van der Waals surface area contributed by atoms with Crippen LogP contribution in [0.2, 0.25) is 0 Å². The molecule has 0 bridgehead atoms. The van der Waals surface area contributed by atoms with Crippen LogP contribution in [-0.4, -0.2) is 66.9 Å². The monoisotopic (exact) mass is 315 g/mol. The van der Waals surface area contributed by atoms with Crippen LogP contribution in [0, 0.1) is 6.08 Å². The summed E-state index contributed by atoms with van der Waals surface area (Å²) in [5, 5.41) is 28.9. The highest BCUT2D eigenvalue weighted by molar-refractivity contribution is 5.82. The minimum Gasteiger partial charge on any atom is -0.394 e. The van der Waals surface area contributed by atoms with Gasteiger partial charge in [-0.05, 0) is 0 Å². The summed E-state index contributed by atoms with van der Waals surface area (Å²) in [7, 11) is 1.33. The highest BCUT2D eigenvalue weighted by Gasteiger charge is 2.44. The van der Waals surface area contributed by atoms with Crippen molar-refractivity contribution in [1.29, 1.82) is 0 Å². The molecule has 1 aliphatic rings. The molecule has 0 spiro atoms. The van der Waals surface area contributed by atoms with Gasteiger partial charge in [-0.1, -0.05) is 0 Å². The van der Waals surface area contributed by atoms with Crippen LogP contribution < -0.4 is 5.48 Å². The molecule has 4 N–H and O–H groups in total. The van der Waals surface area contributed by atoms with Crippen molar-refractivity contribution in [2.45, 2.75) is 24.5 Å². The first kappa shape index (κ1) is 15.0. The van der Waals surface area contributed by atoms with E-state index in [2.05, 4.69) is 25.3 Å². The Morgan fingerprint density at radius 2 is 2.18 bits per heavy atom. The summed E-state index contributed by atoms with van der Waals surface area (Å²) < 4.78 is 20.2. The van der Waals surface area contributed by atoms with Gasteiger partial charge in [-0.15, -0.1) is 0 Å². The Morgan fingerprint density at radius 3 is 2.82 bits per heavy atom. The van der Waals surface area contributed by atoms with Crippen LogP contribution in [0.5, 0.6) is 0 Å². The molecule has 0 amide bonds. The molecule has 120 valence electrons. The van der Waals surface area contributed by atoms with Gasteiger partial charge in [0.2, 0.25) is 0 Å². The van der Waals surface area contributed by atoms with E-state index in [1.807, 2.05) is 0 Å². The number of imidazole rings is 1. The van der Waals surface area contributed by atoms with Crippen molar-refractivity contribution in [2.75, 3.05) is 19.2 Å². The van der Waals surface area contributed by atoms with Crippen LogP contribution in [0.1, 0.15) is 6.23 Å². The molecular formula is C11H14FN5O5. The lowest BCUT2D eigenvalue weighted by Gasteiger charge is -2.16. The summed E-state index contributed by atoms with van der Waals surface area (Å²) in [4.78, 5) is 15.9. The molecule has 0 aromatic carbocycles. The second kappa shape index (κ2) is 5.70. The molecule has 3 rings (SSSR count). The Kier molecular flexibility index (Phi) is 3.88. The van der Waals surface area contributed by atoms with Gasteiger partial charge in [-0.2, -0.15) is 14.4 Å². The van der Waals surface area contributed by atoms with Gasteiger partial charge in [0, 0.05) is 0 Å². The standard InChI is InChI=1S/C11H14FN5O5/c1-21-16-8-5-9(15-11(12)14-8)17(3-13-5)10-7(20)6(19)4(2-18)22-10/h3-4,6-7,10,18-20H,2H2,1H3,(H,14,15,16)/t4-,6?,7?,10-/m1/s1. The Balaban J connectivity index is 2.05. The summed E-state index contributed by atoms with van der Waals surface area (Å²) >= 11 is 0. The van der Waals surface area contributed by atoms with E-state index < -0.39 is 37.2 Å². The van der Waals surface area contributed by atoms with Crippen molar-refractivity contribution < 1.29 is 29.3 Å². The predicted molar refractivity (Wildman–Crippen MR) is 68.9 cm³/mol. The third-order valence-corrected chi connectivity index (χ3v) is 3.38. The molecule has 2 unspecified atom stereocenters. The average Bonchev–Trinajstić information content (AvgIpc) is 3.02. The van der Waals surface area contributed by atoms with Gasteiger partial charge in [-0.25, -0.2) is 10.5 Å². The molecule has 1 aliphatic heterocycles. The number of nitrogens with one attached hydrogen (secondary N) is 1. The number of aliphatic hydroxyl groups is 3. The van der Waals surface area contributed by atoms with Crippen molar-refractivity contribution in [3.05, 3.63) is 12.4 Å². The molecule has 11 heteroatoms. The van der Waals surface area contributed by atoms with Crippen molar-refractivity contribution in [3.63, 3.8) is 0 Å². The first-order valence-electron chi connectivity index (χ1n) is 6.38. The second-order valence-corrected chi connectivity index (χ2v) is 4.70. The maximum Gasteiger partial charge on any atom is 0.312 e. The number of rotatable bonds is 4. The first-order valence-corrected chi connectivity index (χ1v) is 6.38. The van der Waals surface area contributed by atoms with E-state index in [-0.39, 0.29) is 17.0 Å². The molecular weight excluding hydrogens is 301 g/mol. The lowest BCUT2D eigenvalue weighted by atomic mass is 10.1. The number of anilines is 1. The quantitative estimate of drug-likeness (QED) is 0.395. The SMILES string of the molecule is CONc1nc(F)nc2c1ncn2[C@@H]1O[C@H](CO)C(O)C1O. The third-order valence-electron chi connectivity index (χ3n) is 3.38. The van der Waals surface area contributed by atoms with Crippen molar-refractivity contribution in [2.24, 2.45) is 0 Å². The minimum atomic E-state index is -1.33. The summed E-state index contributed by atoms with van der Waals surface area (Å²) in [6, 6.07) is 0. The van der Waals surface area contributed by atoms with Gasteiger partial charge in [0.25, 0.3) is 0 Å². The summed E-state index contributed by atoms with van der Waals surface area (Å²) in [6.07, 6.45) is -4.40. The molecule has 3 heterocycles. The van der Waals surface area contributed by atoms with Gasteiger partial charge in [0.05, 0.1) is 20.0 Å². The lowest BCUT2D eigenvalue weighted by Crippen LogP contribution is -2.33. The number of hydrogen-bond donors (Lipinski definition) is 4. The fourth-order valence-electron chi connectivity index (χ4n) is 2.35. The second-order valence-electron chi connectivity index (χ2n) is 4.70. The number of aliphatic hydroxyl groups excluding tert-OH is 3. The van der Waals surface area contributed by atoms with Crippen LogP contribution in [0.3, 0.4) is 0 Å². The largest absolute Gasteiger partial charge is 0.394 e. The van der Waals surface area contributed by atoms with E-state index >= 15 is 0 Å². The van der Waals surface area contributed by atoms with Crippen LogP contribution in [0.4, 0.5) is 10.2 Å². The molecule has 4 atom stereocenters. The van der Waals surface area contributed by atoms with E-state index in [1.54, 1.807) is 0 Å². The van der Waals surface area contributed by atoms with E-state index in [0.29, 0.717) is 0 Å². The molecule has 2 aromatic rings. The zero-order valence-corrected chi connectivity index (χ0v) is 11.4. The van der Waals surface area contributed by atoms with Crippen molar-refractivity contribution in [1.82, 2.24) is 19.5 Å². The Hall–Kier alpha value is -1.92. The molecule has 1 fully saturated rings. The molecule has 10 nitrogen and oxygen atoms in total. The maximum atomic E-state index is 13.5. The van der Waals surface area contributed by atoms with Gasteiger partial charge >= 0.3 is 6.08 Å². The fraction of sp³-hybridized carbons (Fsp3) is 0.545. The van der Waals surface area contributed by atoms with E-state index in [0.717, 1.165) is 0 Å². The molecule has 2 aromatic heterocycles. The number of aromatic nitrogens is 4. The molecule has 0 radical (unpaired) electrons.